The summed E-state index contributed by atoms with van der Waals surface area (Å²) in [5, 5.41) is 0. The van der Waals surface area contributed by atoms with Crippen molar-refractivity contribution >= 4 is 28.4 Å². The summed E-state index contributed by atoms with van der Waals surface area (Å²) in [6.45, 7) is 0. The van der Waals surface area contributed by atoms with Crippen molar-refractivity contribution in [3.05, 3.63) is 20.3 Å². The second-order valence-corrected chi connectivity index (χ2v) is 7.44. The van der Waals surface area contributed by atoms with E-state index in [-0.39, 0.29) is 5.56 Å². The van der Waals surface area contributed by atoms with Gasteiger partial charge in [-0.3, -0.25) is 4.79 Å². The molecule has 0 bridgehead atoms. The Hall–Kier alpha value is -0.590. The van der Waals surface area contributed by atoms with Crippen LogP contribution in [-0.4, -0.2) is 22.1 Å². The molecule has 116 valence electrons. The highest BCUT2D eigenvalue weighted by Gasteiger charge is 2.31. The standard InChI is InChI=1S/C16H24IN3O/c17-14-15(18-11-19-16(14)21)20(12-7-3-1-4-8-12)13-9-5-2-6-10-13/h11-13H,1-10H2,(H,18,19,21). The molecule has 3 rings (SSSR count). The lowest BCUT2D eigenvalue weighted by Crippen LogP contribution is -2.47. The fourth-order valence-electron chi connectivity index (χ4n) is 3.92. The molecule has 0 saturated heterocycles. The van der Waals surface area contributed by atoms with Crippen LogP contribution >= 0.6 is 22.6 Å². The summed E-state index contributed by atoms with van der Waals surface area (Å²) < 4.78 is 0.756. The van der Waals surface area contributed by atoms with Gasteiger partial charge in [-0.15, -0.1) is 0 Å². The molecular weight excluding hydrogens is 377 g/mol. The summed E-state index contributed by atoms with van der Waals surface area (Å²) in [7, 11) is 0. The average molecular weight is 401 g/mol. The largest absolute Gasteiger partial charge is 0.350 e. The molecule has 1 N–H and O–H groups in total. The van der Waals surface area contributed by atoms with Crippen LogP contribution in [0.5, 0.6) is 0 Å². The predicted octanol–water partition coefficient (Wildman–Crippen LogP) is 3.85. The number of H-pyrrole nitrogens is 1. The van der Waals surface area contributed by atoms with E-state index in [1.807, 2.05) is 0 Å². The molecule has 0 spiro atoms. The first-order valence-electron chi connectivity index (χ1n) is 8.29. The molecule has 0 aliphatic heterocycles. The number of aromatic amines is 1. The van der Waals surface area contributed by atoms with Gasteiger partial charge in [-0.05, 0) is 48.3 Å². The molecule has 0 aromatic carbocycles. The summed E-state index contributed by atoms with van der Waals surface area (Å²) in [4.78, 5) is 21.8. The molecule has 1 heterocycles. The number of hydrogen-bond acceptors (Lipinski definition) is 3. The van der Waals surface area contributed by atoms with Crippen molar-refractivity contribution in [3.63, 3.8) is 0 Å². The zero-order valence-corrected chi connectivity index (χ0v) is 14.6. The number of nitrogens with one attached hydrogen (secondary N) is 1. The fraction of sp³-hybridized carbons (Fsp3) is 0.750. The number of nitrogens with zero attached hydrogens (tertiary/aromatic N) is 2. The highest BCUT2D eigenvalue weighted by Crippen LogP contribution is 2.34. The van der Waals surface area contributed by atoms with Crippen LogP contribution in [0, 0.1) is 3.57 Å². The van der Waals surface area contributed by atoms with Crippen molar-refractivity contribution in [1.82, 2.24) is 9.97 Å². The zero-order chi connectivity index (χ0) is 14.7. The monoisotopic (exact) mass is 401 g/mol. The maximum Gasteiger partial charge on any atom is 0.266 e. The third-order valence-corrected chi connectivity index (χ3v) is 5.93. The van der Waals surface area contributed by atoms with Crippen LogP contribution in [0.4, 0.5) is 5.82 Å². The minimum absolute atomic E-state index is 0.00258. The Kier molecular flexibility index (Phi) is 5.19. The first-order valence-corrected chi connectivity index (χ1v) is 9.37. The molecule has 2 fully saturated rings. The van der Waals surface area contributed by atoms with E-state index in [1.165, 1.54) is 64.2 Å². The van der Waals surface area contributed by atoms with E-state index in [4.69, 9.17) is 0 Å². The third kappa shape index (κ3) is 3.43. The number of rotatable bonds is 3. The summed E-state index contributed by atoms with van der Waals surface area (Å²) in [5.74, 6) is 0.929. The van der Waals surface area contributed by atoms with E-state index in [2.05, 4.69) is 37.5 Å². The van der Waals surface area contributed by atoms with Gasteiger partial charge in [0.05, 0.1) is 6.33 Å². The van der Waals surface area contributed by atoms with E-state index in [0.717, 1.165) is 9.39 Å². The summed E-state index contributed by atoms with van der Waals surface area (Å²) in [6, 6.07) is 1.15. The van der Waals surface area contributed by atoms with Gasteiger partial charge in [0, 0.05) is 12.1 Å². The zero-order valence-electron chi connectivity index (χ0n) is 12.5. The Labute approximate surface area is 139 Å². The lowest BCUT2D eigenvalue weighted by molar-refractivity contribution is 0.337. The summed E-state index contributed by atoms with van der Waals surface area (Å²) >= 11 is 2.16. The third-order valence-electron chi connectivity index (χ3n) is 4.96. The van der Waals surface area contributed by atoms with E-state index in [1.54, 1.807) is 6.33 Å². The average Bonchev–Trinajstić information content (AvgIpc) is 2.54. The van der Waals surface area contributed by atoms with Crippen LogP contribution in [-0.2, 0) is 0 Å². The lowest BCUT2D eigenvalue weighted by Gasteiger charge is -2.42. The van der Waals surface area contributed by atoms with Gasteiger partial charge in [0.2, 0.25) is 0 Å². The van der Waals surface area contributed by atoms with E-state index in [9.17, 15) is 4.79 Å². The number of halogens is 1. The quantitative estimate of drug-likeness (QED) is 0.783. The van der Waals surface area contributed by atoms with Gasteiger partial charge >= 0.3 is 0 Å². The number of hydrogen-bond donors (Lipinski definition) is 1. The highest BCUT2D eigenvalue weighted by molar-refractivity contribution is 14.1. The normalized spacial score (nSPS) is 21.4. The second kappa shape index (κ2) is 7.11. The van der Waals surface area contributed by atoms with Gasteiger partial charge in [-0.1, -0.05) is 38.5 Å². The second-order valence-electron chi connectivity index (χ2n) is 6.36. The van der Waals surface area contributed by atoms with Gasteiger partial charge in [0.15, 0.2) is 0 Å². The molecule has 4 nitrogen and oxygen atoms in total. The van der Waals surface area contributed by atoms with Crippen LogP contribution in [0.15, 0.2) is 11.1 Å². The van der Waals surface area contributed by atoms with Crippen molar-refractivity contribution in [2.45, 2.75) is 76.3 Å². The fourth-order valence-corrected chi connectivity index (χ4v) is 4.49. The number of anilines is 1. The Balaban J connectivity index is 1.93. The first kappa shape index (κ1) is 15.3. The van der Waals surface area contributed by atoms with Crippen LogP contribution in [0.1, 0.15) is 64.2 Å². The predicted molar refractivity (Wildman–Crippen MR) is 93.8 cm³/mol. The van der Waals surface area contributed by atoms with Crippen molar-refractivity contribution in [2.75, 3.05) is 4.90 Å². The molecule has 2 aliphatic rings. The molecule has 0 atom stereocenters. The summed E-state index contributed by atoms with van der Waals surface area (Å²) in [5.41, 5.74) is -0.00258. The molecular formula is C16H24IN3O. The lowest BCUT2D eigenvalue weighted by atomic mass is 9.88. The van der Waals surface area contributed by atoms with Gasteiger partial charge in [0.1, 0.15) is 9.39 Å². The Morgan fingerprint density at radius 3 is 2.05 bits per heavy atom. The molecule has 0 unspecified atom stereocenters. The maximum atomic E-state index is 12.0. The van der Waals surface area contributed by atoms with E-state index >= 15 is 0 Å². The summed E-state index contributed by atoms with van der Waals surface area (Å²) in [6.07, 6.45) is 14.5. The van der Waals surface area contributed by atoms with Crippen LogP contribution < -0.4 is 10.5 Å². The van der Waals surface area contributed by atoms with Gasteiger partial charge in [-0.25, -0.2) is 4.98 Å². The topological polar surface area (TPSA) is 49.0 Å². The molecule has 0 radical (unpaired) electrons. The van der Waals surface area contributed by atoms with E-state index in [0.29, 0.717) is 12.1 Å². The van der Waals surface area contributed by atoms with Crippen molar-refractivity contribution < 1.29 is 0 Å². The van der Waals surface area contributed by atoms with Gasteiger partial charge in [-0.2, -0.15) is 0 Å². The molecule has 5 heteroatoms. The van der Waals surface area contributed by atoms with Gasteiger partial charge < -0.3 is 9.88 Å². The van der Waals surface area contributed by atoms with Crippen LogP contribution in [0.2, 0.25) is 0 Å². The van der Waals surface area contributed by atoms with Crippen LogP contribution in [0.25, 0.3) is 0 Å². The van der Waals surface area contributed by atoms with Crippen molar-refractivity contribution in [3.8, 4) is 0 Å². The van der Waals surface area contributed by atoms with Gasteiger partial charge in [0.25, 0.3) is 5.56 Å². The minimum atomic E-state index is -0.00258. The highest BCUT2D eigenvalue weighted by atomic mass is 127. The minimum Gasteiger partial charge on any atom is -0.350 e. The Bertz CT molecular complexity index is 500. The molecule has 2 saturated carbocycles. The molecule has 21 heavy (non-hydrogen) atoms. The molecule has 0 amide bonds. The SMILES string of the molecule is O=c1[nH]cnc(N(C2CCCCC2)C2CCCCC2)c1I. The Morgan fingerprint density at radius 1 is 1.00 bits per heavy atom. The molecule has 1 aromatic rings. The molecule has 2 aliphatic carbocycles. The maximum absolute atomic E-state index is 12.0. The number of aromatic nitrogens is 2. The van der Waals surface area contributed by atoms with Crippen molar-refractivity contribution in [2.24, 2.45) is 0 Å². The first-order chi connectivity index (χ1) is 10.3. The smallest absolute Gasteiger partial charge is 0.266 e. The van der Waals surface area contributed by atoms with E-state index < -0.39 is 0 Å². The van der Waals surface area contributed by atoms with Crippen molar-refractivity contribution in [1.29, 1.82) is 0 Å². The van der Waals surface area contributed by atoms with Crippen LogP contribution in [0.3, 0.4) is 0 Å². The molecule has 1 aromatic heterocycles. The Morgan fingerprint density at radius 2 is 1.52 bits per heavy atom.